The van der Waals surface area contributed by atoms with Crippen LogP contribution in [0, 0.1) is 0 Å². The molecule has 15 heavy (non-hydrogen) atoms. The number of ether oxygens (including phenoxy) is 1. The van der Waals surface area contributed by atoms with Crippen LogP contribution in [0.3, 0.4) is 0 Å². The molecule has 0 fully saturated rings. The Bertz CT molecular complexity index is 291. The van der Waals surface area contributed by atoms with Crippen LogP contribution in [0.4, 0.5) is 5.69 Å². The van der Waals surface area contributed by atoms with Crippen molar-refractivity contribution in [2.24, 2.45) is 0 Å². The first kappa shape index (κ1) is 12.4. The number of benzene rings is 1. The van der Waals surface area contributed by atoms with Gasteiger partial charge in [-0.15, -0.1) is 11.8 Å². The molecule has 0 aliphatic rings. The molecule has 2 nitrogen and oxygen atoms in total. The summed E-state index contributed by atoms with van der Waals surface area (Å²) in [5.74, 6) is 0. The smallest absolute Gasteiger partial charge is 0.0663 e. The highest BCUT2D eigenvalue weighted by Gasteiger charge is 2.07. The molecule has 0 aliphatic heterocycles. The number of para-hydroxylation sites is 1. The molecule has 0 saturated carbocycles. The average molecular weight is 225 g/mol. The van der Waals surface area contributed by atoms with Crippen LogP contribution in [0.25, 0.3) is 0 Å². The van der Waals surface area contributed by atoms with Gasteiger partial charge in [-0.1, -0.05) is 19.1 Å². The minimum Gasteiger partial charge on any atom is -0.383 e. The maximum atomic E-state index is 5.17. The third-order valence-electron chi connectivity index (χ3n) is 2.33. The van der Waals surface area contributed by atoms with E-state index in [9.17, 15) is 0 Å². The van der Waals surface area contributed by atoms with Crippen molar-refractivity contribution in [3.05, 3.63) is 24.3 Å². The van der Waals surface area contributed by atoms with Crippen molar-refractivity contribution >= 4 is 17.4 Å². The summed E-state index contributed by atoms with van der Waals surface area (Å²) < 4.78 is 5.17. The lowest BCUT2D eigenvalue weighted by Crippen LogP contribution is -2.24. The Labute approximate surface area is 96.4 Å². The Balaban J connectivity index is 2.69. The largest absolute Gasteiger partial charge is 0.383 e. The predicted molar refractivity (Wildman–Crippen MR) is 67.8 cm³/mol. The summed E-state index contributed by atoms with van der Waals surface area (Å²) >= 11 is 1.76. The van der Waals surface area contributed by atoms with E-state index >= 15 is 0 Å². The molecular weight excluding hydrogens is 206 g/mol. The third kappa shape index (κ3) is 3.76. The normalized spacial score (nSPS) is 12.5. The van der Waals surface area contributed by atoms with Gasteiger partial charge in [0.05, 0.1) is 6.61 Å². The summed E-state index contributed by atoms with van der Waals surface area (Å²) in [5.41, 5.74) is 1.20. The highest BCUT2D eigenvalue weighted by Crippen LogP contribution is 2.25. The van der Waals surface area contributed by atoms with Gasteiger partial charge in [0.15, 0.2) is 0 Å². The summed E-state index contributed by atoms with van der Waals surface area (Å²) in [5, 5.41) is 3.50. The van der Waals surface area contributed by atoms with E-state index in [1.54, 1.807) is 18.9 Å². The van der Waals surface area contributed by atoms with Gasteiger partial charge in [0.25, 0.3) is 0 Å². The summed E-state index contributed by atoms with van der Waals surface area (Å²) in [6.07, 6.45) is 3.16. The van der Waals surface area contributed by atoms with Crippen LogP contribution in [0.2, 0.25) is 0 Å². The first-order chi connectivity index (χ1) is 7.31. The molecule has 0 saturated heterocycles. The molecule has 3 heteroatoms. The van der Waals surface area contributed by atoms with Gasteiger partial charge in [0.2, 0.25) is 0 Å². The summed E-state index contributed by atoms with van der Waals surface area (Å²) in [6, 6.07) is 8.76. The average Bonchev–Trinajstić information content (AvgIpc) is 2.29. The second-order valence-electron chi connectivity index (χ2n) is 3.41. The summed E-state index contributed by atoms with van der Waals surface area (Å²) in [7, 11) is 1.74. The molecule has 1 unspecified atom stereocenters. The first-order valence-corrected chi connectivity index (χ1v) is 6.42. The fraction of sp³-hybridized carbons (Fsp3) is 0.500. The minimum absolute atomic E-state index is 0.392. The van der Waals surface area contributed by atoms with Crippen LogP contribution < -0.4 is 5.32 Å². The molecule has 0 spiro atoms. The zero-order valence-corrected chi connectivity index (χ0v) is 10.4. The van der Waals surface area contributed by atoms with Gasteiger partial charge in [-0.05, 0) is 24.8 Å². The van der Waals surface area contributed by atoms with Crippen LogP contribution in [0.5, 0.6) is 0 Å². The van der Waals surface area contributed by atoms with Gasteiger partial charge in [-0.25, -0.2) is 0 Å². The predicted octanol–water partition coefficient (Wildman–Crippen LogP) is 3.25. The van der Waals surface area contributed by atoms with Crippen molar-refractivity contribution in [3.63, 3.8) is 0 Å². The molecule has 0 amide bonds. The quantitative estimate of drug-likeness (QED) is 0.751. The van der Waals surface area contributed by atoms with E-state index in [4.69, 9.17) is 4.74 Å². The molecular formula is C12H19NOS. The Kier molecular flexibility index (Phi) is 5.58. The van der Waals surface area contributed by atoms with Crippen molar-refractivity contribution in [2.75, 3.05) is 25.3 Å². The van der Waals surface area contributed by atoms with Crippen LogP contribution in [-0.2, 0) is 4.74 Å². The number of nitrogens with one attached hydrogen (secondary N) is 1. The van der Waals surface area contributed by atoms with Crippen molar-refractivity contribution in [3.8, 4) is 0 Å². The number of thioether (sulfide) groups is 1. The van der Waals surface area contributed by atoms with Crippen molar-refractivity contribution < 1.29 is 4.74 Å². The van der Waals surface area contributed by atoms with Crippen LogP contribution >= 0.6 is 11.8 Å². The highest BCUT2D eigenvalue weighted by molar-refractivity contribution is 7.98. The molecule has 1 N–H and O–H groups in total. The zero-order chi connectivity index (χ0) is 11.1. The van der Waals surface area contributed by atoms with Crippen LogP contribution in [0.15, 0.2) is 29.2 Å². The SMILES string of the molecule is CCC(COC)Nc1ccccc1SC. The second kappa shape index (κ2) is 6.75. The summed E-state index contributed by atoms with van der Waals surface area (Å²) in [4.78, 5) is 1.28. The minimum atomic E-state index is 0.392. The lowest BCUT2D eigenvalue weighted by atomic mass is 10.2. The third-order valence-corrected chi connectivity index (χ3v) is 3.12. The highest BCUT2D eigenvalue weighted by atomic mass is 32.2. The molecule has 1 aromatic rings. The fourth-order valence-electron chi connectivity index (χ4n) is 1.45. The molecule has 84 valence electrons. The van der Waals surface area contributed by atoms with E-state index in [1.165, 1.54) is 10.6 Å². The Hall–Kier alpha value is -0.670. The number of hydrogen-bond acceptors (Lipinski definition) is 3. The van der Waals surface area contributed by atoms with Crippen molar-refractivity contribution in [1.82, 2.24) is 0 Å². The molecule has 1 atom stereocenters. The van der Waals surface area contributed by atoms with Crippen molar-refractivity contribution in [2.45, 2.75) is 24.3 Å². The van der Waals surface area contributed by atoms with Crippen LogP contribution in [0.1, 0.15) is 13.3 Å². The molecule has 0 heterocycles. The fourth-order valence-corrected chi connectivity index (χ4v) is 2.01. The lowest BCUT2D eigenvalue weighted by Gasteiger charge is -2.19. The summed E-state index contributed by atoms with van der Waals surface area (Å²) in [6.45, 7) is 2.91. The second-order valence-corrected chi connectivity index (χ2v) is 4.25. The number of rotatable bonds is 6. The van der Waals surface area contributed by atoms with Crippen LogP contribution in [-0.4, -0.2) is 26.0 Å². The maximum absolute atomic E-state index is 5.17. The molecule has 1 aromatic carbocycles. The molecule has 0 aromatic heterocycles. The van der Waals surface area contributed by atoms with Gasteiger partial charge >= 0.3 is 0 Å². The van der Waals surface area contributed by atoms with Gasteiger partial charge in [0.1, 0.15) is 0 Å². The lowest BCUT2D eigenvalue weighted by molar-refractivity contribution is 0.184. The Morgan fingerprint density at radius 2 is 2.13 bits per heavy atom. The molecule has 1 rings (SSSR count). The van der Waals surface area contributed by atoms with E-state index in [0.717, 1.165) is 13.0 Å². The number of methoxy groups -OCH3 is 1. The first-order valence-electron chi connectivity index (χ1n) is 5.20. The van der Waals surface area contributed by atoms with E-state index in [1.807, 2.05) is 0 Å². The molecule has 0 radical (unpaired) electrons. The van der Waals surface area contributed by atoms with E-state index in [2.05, 4.69) is 42.8 Å². The zero-order valence-electron chi connectivity index (χ0n) is 9.62. The van der Waals surface area contributed by atoms with Crippen molar-refractivity contribution in [1.29, 1.82) is 0 Å². The topological polar surface area (TPSA) is 21.3 Å². The number of anilines is 1. The molecule has 0 bridgehead atoms. The van der Waals surface area contributed by atoms with Gasteiger partial charge in [-0.3, -0.25) is 0 Å². The van der Waals surface area contributed by atoms with Gasteiger partial charge in [0, 0.05) is 23.7 Å². The van der Waals surface area contributed by atoms with E-state index in [0.29, 0.717) is 6.04 Å². The monoisotopic (exact) mass is 225 g/mol. The number of hydrogen-bond donors (Lipinski definition) is 1. The van der Waals surface area contributed by atoms with E-state index < -0.39 is 0 Å². The standard InChI is InChI=1S/C12H19NOS/c1-4-10(9-14-2)13-11-7-5-6-8-12(11)15-3/h5-8,10,13H,4,9H2,1-3H3. The van der Waals surface area contributed by atoms with E-state index in [-0.39, 0.29) is 0 Å². The van der Waals surface area contributed by atoms with Gasteiger partial charge < -0.3 is 10.1 Å². The van der Waals surface area contributed by atoms with Gasteiger partial charge in [-0.2, -0.15) is 0 Å². The Morgan fingerprint density at radius 1 is 1.40 bits per heavy atom. The maximum Gasteiger partial charge on any atom is 0.0663 e. The molecule has 0 aliphatic carbocycles. The Morgan fingerprint density at radius 3 is 2.73 bits per heavy atom.